The predicted octanol–water partition coefficient (Wildman–Crippen LogP) is 4.67. The highest BCUT2D eigenvalue weighted by Gasteiger charge is 2.37. The van der Waals surface area contributed by atoms with E-state index in [0.29, 0.717) is 58.3 Å². The Morgan fingerprint density at radius 1 is 1.14 bits per heavy atom. The topological polar surface area (TPSA) is 124 Å². The van der Waals surface area contributed by atoms with E-state index in [-0.39, 0.29) is 11.7 Å². The standard InChI is InChI=1S/C26H23FN6O3/c1-12-16(10-30-23-22(12)29-6-7-35-23)15-9-19-17(21(28)20(15)27)11-31-25(33-19)32-13-4-5-14-18(8-13)26(2,3)36-24(14)34/h4-5,8-11,29H,6-7,28H2,1-3H3,(H,31,32,33). The van der Waals surface area contributed by atoms with Gasteiger partial charge in [-0.25, -0.2) is 24.1 Å². The van der Waals surface area contributed by atoms with Gasteiger partial charge in [-0.15, -0.1) is 0 Å². The molecule has 4 aromatic rings. The minimum absolute atomic E-state index is 0.0367. The van der Waals surface area contributed by atoms with E-state index in [1.807, 2.05) is 26.8 Å². The number of esters is 1. The van der Waals surface area contributed by atoms with Gasteiger partial charge in [-0.1, -0.05) is 0 Å². The molecule has 2 aromatic carbocycles. The zero-order chi connectivity index (χ0) is 25.2. The number of carbonyl (C=O) groups is 1. The molecule has 4 N–H and O–H groups in total. The zero-order valence-electron chi connectivity index (χ0n) is 19.9. The van der Waals surface area contributed by atoms with E-state index in [0.717, 1.165) is 16.8 Å². The maximum Gasteiger partial charge on any atom is 0.339 e. The van der Waals surface area contributed by atoms with Gasteiger partial charge in [-0.2, -0.15) is 0 Å². The van der Waals surface area contributed by atoms with Gasteiger partial charge in [-0.3, -0.25) is 0 Å². The molecule has 0 saturated heterocycles. The maximum atomic E-state index is 15.4. The second-order valence-electron chi connectivity index (χ2n) is 9.32. The van der Waals surface area contributed by atoms with Gasteiger partial charge < -0.3 is 25.8 Å². The molecule has 0 fully saturated rings. The maximum absolute atomic E-state index is 15.4. The van der Waals surface area contributed by atoms with Crippen molar-refractivity contribution in [1.29, 1.82) is 0 Å². The molecule has 0 aliphatic carbocycles. The number of nitrogens with zero attached hydrogens (tertiary/aromatic N) is 3. The number of ether oxygens (including phenoxy) is 2. The smallest absolute Gasteiger partial charge is 0.339 e. The number of nitrogen functional groups attached to an aromatic ring is 1. The van der Waals surface area contributed by atoms with E-state index in [9.17, 15) is 4.79 Å². The predicted molar refractivity (Wildman–Crippen MR) is 134 cm³/mol. The molecule has 6 rings (SSSR count). The van der Waals surface area contributed by atoms with Gasteiger partial charge in [0.2, 0.25) is 11.8 Å². The second-order valence-corrected chi connectivity index (χ2v) is 9.32. The van der Waals surface area contributed by atoms with Gasteiger partial charge in [0.25, 0.3) is 0 Å². The monoisotopic (exact) mass is 486 g/mol. The molecule has 2 aromatic heterocycles. The molecule has 0 atom stereocenters. The number of anilines is 4. The third-order valence-electron chi connectivity index (χ3n) is 6.59. The van der Waals surface area contributed by atoms with Crippen LogP contribution in [0.25, 0.3) is 22.0 Å². The number of fused-ring (bicyclic) bond motifs is 3. The summed E-state index contributed by atoms with van der Waals surface area (Å²) in [6, 6.07) is 6.96. The lowest BCUT2D eigenvalue weighted by molar-refractivity contribution is 0.00954. The highest BCUT2D eigenvalue weighted by molar-refractivity contribution is 5.97. The number of hydrogen-bond donors (Lipinski definition) is 3. The van der Waals surface area contributed by atoms with Gasteiger partial charge >= 0.3 is 5.97 Å². The Kier molecular flexibility index (Phi) is 4.75. The number of aromatic nitrogens is 3. The summed E-state index contributed by atoms with van der Waals surface area (Å²) < 4.78 is 26.4. The Bertz CT molecular complexity index is 1590. The van der Waals surface area contributed by atoms with E-state index in [1.165, 1.54) is 6.20 Å². The summed E-state index contributed by atoms with van der Waals surface area (Å²) in [4.78, 5) is 25.4. The number of hydrogen-bond acceptors (Lipinski definition) is 9. The Labute approximate surface area is 205 Å². The number of halogens is 1. The largest absolute Gasteiger partial charge is 0.474 e. The number of nitrogens with one attached hydrogen (secondary N) is 2. The SMILES string of the molecule is Cc1c(-c2cc3nc(Nc4ccc5c(c4)C(C)(C)OC5=O)ncc3c(N)c2F)cnc2c1NCCO2. The van der Waals surface area contributed by atoms with Gasteiger partial charge in [0.1, 0.15) is 17.9 Å². The highest BCUT2D eigenvalue weighted by atomic mass is 19.1. The molecule has 2 aliphatic rings. The lowest BCUT2D eigenvalue weighted by Crippen LogP contribution is -2.20. The summed E-state index contributed by atoms with van der Waals surface area (Å²) in [7, 11) is 0. The van der Waals surface area contributed by atoms with Crippen LogP contribution in [0.1, 0.15) is 35.3 Å². The first-order valence-electron chi connectivity index (χ1n) is 11.5. The zero-order valence-corrected chi connectivity index (χ0v) is 19.9. The Morgan fingerprint density at radius 3 is 2.81 bits per heavy atom. The third-order valence-corrected chi connectivity index (χ3v) is 6.59. The molecular weight excluding hydrogens is 463 g/mol. The Morgan fingerprint density at radius 2 is 1.97 bits per heavy atom. The van der Waals surface area contributed by atoms with Crippen molar-refractivity contribution in [2.24, 2.45) is 0 Å². The fraction of sp³-hybridized carbons (Fsp3) is 0.231. The van der Waals surface area contributed by atoms with E-state index >= 15 is 4.39 Å². The lowest BCUT2D eigenvalue weighted by Gasteiger charge is -2.22. The molecule has 0 saturated carbocycles. The van der Waals surface area contributed by atoms with Crippen LogP contribution in [0.4, 0.5) is 27.4 Å². The Balaban J connectivity index is 1.41. The molecule has 4 heterocycles. The first-order chi connectivity index (χ1) is 17.2. The molecule has 36 heavy (non-hydrogen) atoms. The van der Waals surface area contributed by atoms with E-state index in [2.05, 4.69) is 25.6 Å². The summed E-state index contributed by atoms with van der Waals surface area (Å²) in [5.41, 5.74) is 10.3. The van der Waals surface area contributed by atoms with Crippen LogP contribution in [-0.4, -0.2) is 34.1 Å². The average molecular weight is 487 g/mol. The second kappa shape index (κ2) is 7.77. The fourth-order valence-corrected chi connectivity index (χ4v) is 4.69. The van der Waals surface area contributed by atoms with Crippen molar-refractivity contribution in [2.75, 3.05) is 29.5 Å². The van der Waals surface area contributed by atoms with Gasteiger partial charge in [0.05, 0.1) is 16.8 Å². The number of carbonyl (C=O) groups excluding carboxylic acids is 1. The van der Waals surface area contributed by atoms with Crippen molar-refractivity contribution in [2.45, 2.75) is 26.4 Å². The first kappa shape index (κ1) is 22.0. The molecule has 0 amide bonds. The number of pyridine rings is 1. The van der Waals surface area contributed by atoms with Crippen LogP contribution in [0.15, 0.2) is 36.7 Å². The molecule has 182 valence electrons. The summed E-state index contributed by atoms with van der Waals surface area (Å²) in [6.45, 7) is 6.72. The Hall–Kier alpha value is -4.47. The molecule has 0 spiro atoms. The quantitative estimate of drug-likeness (QED) is 0.280. The van der Waals surface area contributed by atoms with Gasteiger partial charge in [-0.05, 0) is 50.6 Å². The molecule has 9 nitrogen and oxygen atoms in total. The van der Waals surface area contributed by atoms with Crippen LogP contribution >= 0.6 is 0 Å². The van der Waals surface area contributed by atoms with Crippen LogP contribution in [-0.2, 0) is 10.3 Å². The molecule has 2 aliphatic heterocycles. The highest BCUT2D eigenvalue weighted by Crippen LogP contribution is 2.40. The van der Waals surface area contributed by atoms with Crippen LogP contribution in [0.5, 0.6) is 5.88 Å². The minimum Gasteiger partial charge on any atom is -0.474 e. The molecule has 10 heteroatoms. The fourth-order valence-electron chi connectivity index (χ4n) is 4.69. The summed E-state index contributed by atoms with van der Waals surface area (Å²) in [6.07, 6.45) is 3.07. The van der Waals surface area contributed by atoms with Crippen molar-refractivity contribution in [1.82, 2.24) is 15.0 Å². The van der Waals surface area contributed by atoms with Crippen LogP contribution in [0.2, 0.25) is 0 Å². The lowest BCUT2D eigenvalue weighted by atomic mass is 9.95. The van der Waals surface area contributed by atoms with Crippen molar-refractivity contribution in [3.05, 3.63) is 59.2 Å². The van der Waals surface area contributed by atoms with Crippen LogP contribution in [0.3, 0.4) is 0 Å². The van der Waals surface area contributed by atoms with Gasteiger partial charge in [0.15, 0.2) is 5.82 Å². The third kappa shape index (κ3) is 3.36. The summed E-state index contributed by atoms with van der Waals surface area (Å²) in [5, 5.41) is 6.83. The van der Waals surface area contributed by atoms with Crippen molar-refractivity contribution in [3.8, 4) is 17.0 Å². The number of cyclic esters (lactones) is 1. The number of nitrogens with two attached hydrogens (primary N) is 1. The average Bonchev–Trinajstić information content (AvgIpc) is 3.09. The van der Waals surface area contributed by atoms with Crippen molar-refractivity contribution >= 4 is 39.9 Å². The molecule has 0 radical (unpaired) electrons. The number of benzene rings is 2. The van der Waals surface area contributed by atoms with E-state index < -0.39 is 11.4 Å². The summed E-state index contributed by atoms with van der Waals surface area (Å²) >= 11 is 0. The van der Waals surface area contributed by atoms with Gasteiger partial charge in [0, 0.05) is 46.7 Å². The van der Waals surface area contributed by atoms with Crippen LogP contribution in [0, 0.1) is 12.7 Å². The van der Waals surface area contributed by atoms with E-state index in [1.54, 1.807) is 24.4 Å². The molecular formula is C26H23FN6O3. The van der Waals surface area contributed by atoms with Crippen LogP contribution < -0.4 is 21.1 Å². The minimum atomic E-state index is -0.726. The van der Waals surface area contributed by atoms with Crippen molar-refractivity contribution in [3.63, 3.8) is 0 Å². The normalized spacial score (nSPS) is 15.5. The van der Waals surface area contributed by atoms with Crippen molar-refractivity contribution < 1.29 is 18.7 Å². The molecule has 0 unspecified atom stereocenters. The van der Waals surface area contributed by atoms with E-state index in [4.69, 9.17) is 15.2 Å². The first-order valence-corrected chi connectivity index (χ1v) is 11.5. The molecule has 0 bridgehead atoms. The summed E-state index contributed by atoms with van der Waals surface area (Å²) in [5.74, 6) is -0.103. The number of rotatable bonds is 3.